The van der Waals surface area contributed by atoms with Crippen LogP contribution in [0.15, 0.2) is 36.0 Å². The van der Waals surface area contributed by atoms with Gasteiger partial charge in [0.25, 0.3) is 5.91 Å². The Bertz CT molecular complexity index is 588. The number of nitrogens with one attached hydrogen (secondary N) is 2. The lowest BCUT2D eigenvalue weighted by atomic mass is 10.2. The number of nitrogens with zero attached hydrogens (tertiary/aromatic N) is 1. The van der Waals surface area contributed by atoms with E-state index in [-0.39, 0.29) is 18.5 Å². The highest BCUT2D eigenvalue weighted by atomic mass is 16.5. The Morgan fingerprint density at radius 3 is 2.59 bits per heavy atom. The molecule has 0 fully saturated rings. The van der Waals surface area contributed by atoms with Gasteiger partial charge in [-0.05, 0) is 31.2 Å². The second-order valence-corrected chi connectivity index (χ2v) is 4.18. The average molecular weight is 303 g/mol. The lowest BCUT2D eigenvalue weighted by molar-refractivity contribution is -0.136. The summed E-state index contributed by atoms with van der Waals surface area (Å²) in [5.41, 5.74) is 0.388. The zero-order valence-corrected chi connectivity index (χ0v) is 12.1. The van der Waals surface area contributed by atoms with Gasteiger partial charge in [0.2, 0.25) is 0 Å². The maximum atomic E-state index is 11.9. The van der Waals surface area contributed by atoms with Crippen molar-refractivity contribution in [2.75, 3.05) is 18.5 Å². The first-order chi connectivity index (χ1) is 10.6. The molecule has 1 rings (SSSR count). The van der Waals surface area contributed by atoms with Crippen LogP contribution in [0.5, 0.6) is 5.75 Å². The number of benzene rings is 1. The molecule has 0 aliphatic carbocycles. The Balaban J connectivity index is 2.59. The van der Waals surface area contributed by atoms with E-state index in [1.54, 1.807) is 30.3 Å². The number of ether oxygens (including phenoxy) is 1. The van der Waals surface area contributed by atoms with Gasteiger partial charge in [-0.2, -0.15) is 5.26 Å². The van der Waals surface area contributed by atoms with Gasteiger partial charge in [0, 0.05) is 18.4 Å². The van der Waals surface area contributed by atoms with Crippen LogP contribution in [0.2, 0.25) is 0 Å². The maximum absolute atomic E-state index is 11.9. The van der Waals surface area contributed by atoms with Crippen LogP contribution in [-0.2, 0) is 9.59 Å². The molecule has 7 nitrogen and oxygen atoms in total. The molecule has 1 aromatic carbocycles. The summed E-state index contributed by atoms with van der Waals surface area (Å²) in [5.74, 6) is -0.848. The van der Waals surface area contributed by atoms with E-state index in [1.807, 2.05) is 6.92 Å². The Morgan fingerprint density at radius 2 is 2.05 bits per heavy atom. The van der Waals surface area contributed by atoms with Gasteiger partial charge < -0.3 is 20.5 Å². The largest absolute Gasteiger partial charge is 0.494 e. The van der Waals surface area contributed by atoms with E-state index in [0.717, 1.165) is 0 Å². The Labute approximate surface area is 128 Å². The zero-order valence-electron chi connectivity index (χ0n) is 12.1. The number of nitriles is 1. The molecule has 1 aromatic rings. The van der Waals surface area contributed by atoms with E-state index < -0.39 is 11.9 Å². The van der Waals surface area contributed by atoms with Crippen molar-refractivity contribution in [2.24, 2.45) is 0 Å². The number of carbonyl (C=O) groups is 2. The average Bonchev–Trinajstić information content (AvgIpc) is 2.49. The number of rotatable bonds is 8. The summed E-state index contributed by atoms with van der Waals surface area (Å²) in [4.78, 5) is 22.2. The number of anilines is 1. The first-order valence-electron chi connectivity index (χ1n) is 6.66. The summed E-state index contributed by atoms with van der Waals surface area (Å²) in [5, 5.41) is 22.6. The molecular weight excluding hydrogens is 286 g/mol. The van der Waals surface area contributed by atoms with Gasteiger partial charge in [0.15, 0.2) is 0 Å². The van der Waals surface area contributed by atoms with Crippen molar-refractivity contribution in [2.45, 2.75) is 13.3 Å². The topological polar surface area (TPSA) is 111 Å². The molecule has 0 spiro atoms. The molecule has 0 saturated carbocycles. The second-order valence-electron chi connectivity index (χ2n) is 4.18. The standard InChI is InChI=1S/C15H17N3O4/c1-2-22-13-5-3-12(4-6-13)18-15(21)11(9-16)10-17-8-7-14(19)20/h3-6,10,17H,2,7-8H2,1H3,(H,18,21)(H,19,20)/b11-10-. The fourth-order valence-electron chi connectivity index (χ4n) is 1.50. The van der Waals surface area contributed by atoms with Gasteiger partial charge in [-0.3, -0.25) is 9.59 Å². The van der Waals surface area contributed by atoms with Crippen LogP contribution in [0.1, 0.15) is 13.3 Å². The van der Waals surface area contributed by atoms with Gasteiger partial charge in [-0.15, -0.1) is 0 Å². The molecule has 0 saturated heterocycles. The molecule has 3 N–H and O–H groups in total. The molecule has 0 aliphatic rings. The van der Waals surface area contributed by atoms with E-state index in [0.29, 0.717) is 18.0 Å². The number of carboxylic acids is 1. The van der Waals surface area contributed by atoms with Gasteiger partial charge >= 0.3 is 5.97 Å². The predicted octanol–water partition coefficient (Wildman–Crippen LogP) is 1.50. The molecule has 0 unspecified atom stereocenters. The van der Waals surface area contributed by atoms with Crippen molar-refractivity contribution in [1.82, 2.24) is 5.32 Å². The van der Waals surface area contributed by atoms with Crippen LogP contribution >= 0.6 is 0 Å². The van der Waals surface area contributed by atoms with E-state index in [9.17, 15) is 9.59 Å². The lowest BCUT2D eigenvalue weighted by Gasteiger charge is -2.06. The third kappa shape index (κ3) is 5.96. The normalized spacial score (nSPS) is 10.5. The Kier molecular flexibility index (Phi) is 6.99. The van der Waals surface area contributed by atoms with Crippen LogP contribution < -0.4 is 15.4 Å². The summed E-state index contributed by atoms with van der Waals surface area (Å²) in [6.45, 7) is 2.56. The van der Waals surface area contributed by atoms with Gasteiger partial charge in [-0.25, -0.2) is 0 Å². The monoisotopic (exact) mass is 303 g/mol. The third-order valence-electron chi connectivity index (χ3n) is 2.52. The lowest BCUT2D eigenvalue weighted by Crippen LogP contribution is -2.18. The summed E-state index contributed by atoms with van der Waals surface area (Å²) >= 11 is 0. The van der Waals surface area contributed by atoms with Crippen molar-refractivity contribution < 1.29 is 19.4 Å². The SMILES string of the molecule is CCOc1ccc(NC(=O)/C(C#N)=C\NCCC(=O)O)cc1. The highest BCUT2D eigenvalue weighted by Gasteiger charge is 2.09. The molecule has 7 heteroatoms. The molecule has 0 aromatic heterocycles. The van der Waals surface area contributed by atoms with Crippen LogP contribution in [0.4, 0.5) is 5.69 Å². The maximum Gasteiger partial charge on any atom is 0.305 e. The molecule has 22 heavy (non-hydrogen) atoms. The Hall–Kier alpha value is -3.01. The quantitative estimate of drug-likeness (QED) is 0.381. The molecule has 0 atom stereocenters. The minimum atomic E-state index is -0.960. The fourth-order valence-corrected chi connectivity index (χ4v) is 1.50. The molecular formula is C15H17N3O4. The number of hydrogen-bond acceptors (Lipinski definition) is 5. The van der Waals surface area contributed by atoms with Crippen LogP contribution in [0, 0.1) is 11.3 Å². The predicted molar refractivity (Wildman–Crippen MR) is 80.2 cm³/mol. The molecule has 0 bridgehead atoms. The fraction of sp³-hybridized carbons (Fsp3) is 0.267. The molecule has 0 heterocycles. The highest BCUT2D eigenvalue weighted by Crippen LogP contribution is 2.16. The van der Waals surface area contributed by atoms with Gasteiger partial charge in [0.1, 0.15) is 17.4 Å². The summed E-state index contributed by atoms with van der Waals surface area (Å²) < 4.78 is 5.28. The van der Waals surface area contributed by atoms with Crippen LogP contribution in [0.25, 0.3) is 0 Å². The molecule has 0 radical (unpaired) electrons. The summed E-state index contributed by atoms with van der Waals surface area (Å²) in [6, 6.07) is 8.50. The number of aliphatic carboxylic acids is 1. The van der Waals surface area contributed by atoms with Crippen molar-refractivity contribution in [1.29, 1.82) is 5.26 Å². The summed E-state index contributed by atoms with van der Waals surface area (Å²) in [7, 11) is 0. The van der Waals surface area contributed by atoms with Crippen molar-refractivity contribution >= 4 is 17.6 Å². The number of amides is 1. The third-order valence-corrected chi connectivity index (χ3v) is 2.52. The first-order valence-corrected chi connectivity index (χ1v) is 6.66. The van der Waals surface area contributed by atoms with Crippen LogP contribution in [-0.4, -0.2) is 30.1 Å². The minimum absolute atomic E-state index is 0.101. The minimum Gasteiger partial charge on any atom is -0.494 e. The summed E-state index contributed by atoms with van der Waals surface area (Å²) in [6.07, 6.45) is 1.10. The smallest absolute Gasteiger partial charge is 0.305 e. The van der Waals surface area contributed by atoms with Crippen LogP contribution in [0.3, 0.4) is 0 Å². The second kappa shape index (κ2) is 9.02. The van der Waals surface area contributed by atoms with Crippen molar-refractivity contribution in [3.8, 4) is 11.8 Å². The molecule has 0 aliphatic heterocycles. The Morgan fingerprint density at radius 1 is 1.36 bits per heavy atom. The van der Waals surface area contributed by atoms with Gasteiger partial charge in [-0.1, -0.05) is 0 Å². The first kappa shape index (κ1) is 17.0. The van der Waals surface area contributed by atoms with Crippen molar-refractivity contribution in [3.63, 3.8) is 0 Å². The number of hydrogen-bond donors (Lipinski definition) is 3. The van der Waals surface area contributed by atoms with E-state index in [1.165, 1.54) is 6.20 Å². The number of carboxylic acid groups (broad SMARTS) is 1. The van der Waals surface area contributed by atoms with Crippen molar-refractivity contribution in [3.05, 3.63) is 36.0 Å². The van der Waals surface area contributed by atoms with E-state index >= 15 is 0 Å². The number of carbonyl (C=O) groups excluding carboxylic acids is 1. The molecule has 1 amide bonds. The van der Waals surface area contributed by atoms with E-state index in [2.05, 4.69) is 10.6 Å². The van der Waals surface area contributed by atoms with Gasteiger partial charge in [0.05, 0.1) is 13.0 Å². The van der Waals surface area contributed by atoms with E-state index in [4.69, 9.17) is 15.1 Å². The zero-order chi connectivity index (χ0) is 16.4. The molecule has 116 valence electrons. The highest BCUT2D eigenvalue weighted by molar-refractivity contribution is 6.06.